The maximum absolute atomic E-state index is 12.1. The summed E-state index contributed by atoms with van der Waals surface area (Å²) in [5.74, 6) is -0.207. The third-order valence-electron chi connectivity index (χ3n) is 3.53. The number of anilines is 1. The van der Waals surface area contributed by atoms with Gasteiger partial charge in [0.05, 0.1) is 10.5 Å². The Labute approximate surface area is 111 Å². The number of rotatable bonds is 3. The second kappa shape index (κ2) is 5.36. The van der Waals surface area contributed by atoms with Gasteiger partial charge in [0.15, 0.2) is 0 Å². The van der Waals surface area contributed by atoms with Crippen molar-refractivity contribution >= 4 is 17.3 Å². The summed E-state index contributed by atoms with van der Waals surface area (Å²) in [4.78, 5) is 22.2. The topological polar surface area (TPSA) is 98.3 Å². The van der Waals surface area contributed by atoms with Crippen LogP contribution >= 0.6 is 0 Å². The van der Waals surface area contributed by atoms with E-state index in [1.807, 2.05) is 0 Å². The lowest BCUT2D eigenvalue weighted by atomic mass is 9.82. The lowest BCUT2D eigenvalue weighted by Crippen LogP contribution is -2.52. The van der Waals surface area contributed by atoms with Crippen LogP contribution in [0.15, 0.2) is 24.3 Å². The lowest BCUT2D eigenvalue weighted by molar-refractivity contribution is -0.384. The number of nitrogens with two attached hydrogens (primary N) is 1. The van der Waals surface area contributed by atoms with Crippen LogP contribution in [-0.4, -0.2) is 16.4 Å². The summed E-state index contributed by atoms with van der Waals surface area (Å²) in [6.45, 7) is 0. The number of nitro groups is 1. The first-order valence-electron chi connectivity index (χ1n) is 6.36. The molecule has 0 bridgehead atoms. The van der Waals surface area contributed by atoms with Crippen LogP contribution in [0.4, 0.5) is 11.4 Å². The molecule has 0 unspecified atom stereocenters. The van der Waals surface area contributed by atoms with Gasteiger partial charge in [-0.2, -0.15) is 0 Å². The molecule has 0 heterocycles. The number of carbonyl (C=O) groups excluding carboxylic acids is 1. The summed E-state index contributed by atoms with van der Waals surface area (Å²) >= 11 is 0. The van der Waals surface area contributed by atoms with Gasteiger partial charge in [0.2, 0.25) is 5.91 Å². The van der Waals surface area contributed by atoms with Crippen LogP contribution in [-0.2, 0) is 4.79 Å². The molecular weight excluding hydrogens is 246 g/mol. The summed E-state index contributed by atoms with van der Waals surface area (Å²) in [5, 5.41) is 13.3. The molecule has 0 spiro atoms. The monoisotopic (exact) mass is 263 g/mol. The minimum absolute atomic E-state index is 0.00173. The van der Waals surface area contributed by atoms with E-state index in [1.54, 1.807) is 0 Å². The highest BCUT2D eigenvalue weighted by molar-refractivity contribution is 5.98. The summed E-state index contributed by atoms with van der Waals surface area (Å²) in [6.07, 6.45) is 4.41. The number of amides is 1. The third-order valence-corrected chi connectivity index (χ3v) is 3.53. The van der Waals surface area contributed by atoms with Gasteiger partial charge in [0.1, 0.15) is 0 Å². The Morgan fingerprint density at radius 3 is 2.32 bits per heavy atom. The van der Waals surface area contributed by atoms with E-state index < -0.39 is 10.5 Å². The molecule has 6 nitrogen and oxygen atoms in total. The van der Waals surface area contributed by atoms with Crippen molar-refractivity contribution in [3.05, 3.63) is 34.4 Å². The average Bonchev–Trinajstić information content (AvgIpc) is 2.40. The number of nitro benzene ring substituents is 1. The Morgan fingerprint density at radius 2 is 1.79 bits per heavy atom. The molecule has 0 saturated heterocycles. The van der Waals surface area contributed by atoms with Crippen molar-refractivity contribution in [1.29, 1.82) is 0 Å². The fourth-order valence-electron chi connectivity index (χ4n) is 2.33. The van der Waals surface area contributed by atoms with Gasteiger partial charge in [0, 0.05) is 17.8 Å². The molecule has 19 heavy (non-hydrogen) atoms. The van der Waals surface area contributed by atoms with Crippen molar-refractivity contribution in [2.24, 2.45) is 5.73 Å². The predicted octanol–water partition coefficient (Wildman–Crippen LogP) is 2.19. The number of non-ortho nitro benzene ring substituents is 1. The first-order valence-corrected chi connectivity index (χ1v) is 6.36. The molecule has 0 radical (unpaired) electrons. The minimum Gasteiger partial charge on any atom is -0.324 e. The van der Waals surface area contributed by atoms with Crippen LogP contribution in [0, 0.1) is 10.1 Å². The molecule has 1 aliphatic rings. The van der Waals surface area contributed by atoms with Crippen LogP contribution < -0.4 is 11.1 Å². The van der Waals surface area contributed by atoms with Crippen molar-refractivity contribution < 1.29 is 9.72 Å². The molecule has 1 fully saturated rings. The summed E-state index contributed by atoms with van der Waals surface area (Å²) in [6, 6.07) is 5.75. The van der Waals surface area contributed by atoms with E-state index in [1.165, 1.54) is 24.3 Å². The van der Waals surface area contributed by atoms with Gasteiger partial charge in [-0.25, -0.2) is 0 Å². The summed E-state index contributed by atoms with van der Waals surface area (Å²) in [7, 11) is 0. The van der Waals surface area contributed by atoms with Gasteiger partial charge in [-0.15, -0.1) is 0 Å². The fourth-order valence-corrected chi connectivity index (χ4v) is 2.33. The van der Waals surface area contributed by atoms with E-state index in [9.17, 15) is 14.9 Å². The molecule has 2 rings (SSSR count). The fraction of sp³-hybridized carbons (Fsp3) is 0.462. The van der Waals surface area contributed by atoms with Crippen molar-refractivity contribution in [3.63, 3.8) is 0 Å². The molecule has 1 aromatic carbocycles. The SMILES string of the molecule is NC1(C(=O)Nc2ccc([N+](=O)[O-])cc2)CCCCC1. The summed E-state index contributed by atoms with van der Waals surface area (Å²) < 4.78 is 0. The highest BCUT2D eigenvalue weighted by atomic mass is 16.6. The smallest absolute Gasteiger partial charge is 0.269 e. The predicted molar refractivity (Wildman–Crippen MR) is 71.7 cm³/mol. The van der Waals surface area contributed by atoms with E-state index in [0.29, 0.717) is 18.5 Å². The van der Waals surface area contributed by atoms with Gasteiger partial charge in [-0.05, 0) is 25.0 Å². The maximum atomic E-state index is 12.1. The molecule has 0 aliphatic heterocycles. The Kier molecular flexibility index (Phi) is 3.80. The summed E-state index contributed by atoms with van der Waals surface area (Å²) in [5.41, 5.74) is 5.83. The van der Waals surface area contributed by atoms with Gasteiger partial charge >= 0.3 is 0 Å². The van der Waals surface area contributed by atoms with Crippen LogP contribution in [0.1, 0.15) is 32.1 Å². The van der Waals surface area contributed by atoms with Crippen molar-refractivity contribution in [2.45, 2.75) is 37.6 Å². The molecule has 1 saturated carbocycles. The van der Waals surface area contributed by atoms with Crippen molar-refractivity contribution in [1.82, 2.24) is 0 Å². The molecule has 102 valence electrons. The zero-order valence-corrected chi connectivity index (χ0v) is 10.6. The Hall–Kier alpha value is -1.95. The first-order chi connectivity index (χ1) is 9.01. The Bertz CT molecular complexity index is 478. The largest absolute Gasteiger partial charge is 0.324 e. The van der Waals surface area contributed by atoms with Crippen LogP contribution in [0.25, 0.3) is 0 Å². The maximum Gasteiger partial charge on any atom is 0.269 e. The molecule has 1 aliphatic carbocycles. The number of nitrogens with one attached hydrogen (secondary N) is 1. The van der Waals surface area contributed by atoms with Gasteiger partial charge < -0.3 is 11.1 Å². The van der Waals surface area contributed by atoms with Crippen LogP contribution in [0.2, 0.25) is 0 Å². The van der Waals surface area contributed by atoms with Gasteiger partial charge in [-0.3, -0.25) is 14.9 Å². The van der Waals surface area contributed by atoms with Gasteiger partial charge in [0.25, 0.3) is 5.69 Å². The van der Waals surface area contributed by atoms with E-state index in [4.69, 9.17) is 5.73 Å². The van der Waals surface area contributed by atoms with Crippen LogP contribution in [0.5, 0.6) is 0 Å². The van der Waals surface area contributed by atoms with E-state index in [-0.39, 0.29) is 11.6 Å². The van der Waals surface area contributed by atoms with E-state index >= 15 is 0 Å². The molecular formula is C13H17N3O3. The number of hydrogen-bond donors (Lipinski definition) is 2. The standard InChI is InChI=1S/C13H17N3O3/c14-13(8-2-1-3-9-13)12(17)15-10-4-6-11(7-5-10)16(18)19/h4-7H,1-3,8-9,14H2,(H,15,17). The number of benzene rings is 1. The number of carbonyl (C=O) groups is 1. The first kappa shape index (κ1) is 13.5. The Morgan fingerprint density at radius 1 is 1.21 bits per heavy atom. The zero-order valence-electron chi connectivity index (χ0n) is 10.6. The Balaban J connectivity index is 2.04. The van der Waals surface area contributed by atoms with Crippen molar-refractivity contribution in [3.8, 4) is 0 Å². The number of hydrogen-bond acceptors (Lipinski definition) is 4. The average molecular weight is 263 g/mol. The second-order valence-electron chi connectivity index (χ2n) is 4.97. The second-order valence-corrected chi connectivity index (χ2v) is 4.97. The number of nitrogens with zero attached hydrogens (tertiary/aromatic N) is 1. The molecule has 6 heteroatoms. The van der Waals surface area contributed by atoms with Crippen LogP contribution in [0.3, 0.4) is 0 Å². The quantitative estimate of drug-likeness (QED) is 0.645. The molecule has 1 aromatic rings. The lowest BCUT2D eigenvalue weighted by Gasteiger charge is -2.31. The molecule has 0 atom stereocenters. The van der Waals surface area contributed by atoms with Gasteiger partial charge in [-0.1, -0.05) is 19.3 Å². The van der Waals surface area contributed by atoms with Crippen molar-refractivity contribution in [2.75, 3.05) is 5.32 Å². The third kappa shape index (κ3) is 3.08. The van der Waals surface area contributed by atoms with E-state index in [0.717, 1.165) is 19.3 Å². The normalized spacial score (nSPS) is 17.7. The molecule has 3 N–H and O–H groups in total. The molecule has 1 amide bonds. The minimum atomic E-state index is -0.806. The zero-order chi connectivity index (χ0) is 13.9. The molecule has 0 aromatic heterocycles. The van der Waals surface area contributed by atoms with E-state index in [2.05, 4.69) is 5.32 Å². The highest BCUT2D eigenvalue weighted by Gasteiger charge is 2.35. The highest BCUT2D eigenvalue weighted by Crippen LogP contribution is 2.27.